The average Bonchev–Trinajstić information content (AvgIpc) is 3.27. The lowest BCUT2D eigenvalue weighted by atomic mass is 9.96. The van der Waals surface area contributed by atoms with Gasteiger partial charge in [0.2, 0.25) is 0 Å². The molecule has 0 aliphatic carbocycles. The molecule has 1 aliphatic rings. The number of carbonyl (C=O) groups excluding carboxylic acids is 1. The van der Waals surface area contributed by atoms with Crippen LogP contribution in [0.5, 0.6) is 11.5 Å². The van der Waals surface area contributed by atoms with Crippen molar-refractivity contribution in [2.45, 2.75) is 33.4 Å². The van der Waals surface area contributed by atoms with Crippen LogP contribution in [0.15, 0.2) is 93.9 Å². The van der Waals surface area contributed by atoms with Crippen molar-refractivity contribution in [1.82, 2.24) is 4.57 Å². The van der Waals surface area contributed by atoms with E-state index in [1.807, 2.05) is 79.7 Å². The van der Waals surface area contributed by atoms with Gasteiger partial charge in [-0.25, -0.2) is 9.79 Å². The summed E-state index contributed by atoms with van der Waals surface area (Å²) in [6.07, 6.45) is 1.80. The quantitative estimate of drug-likeness (QED) is 0.244. The average molecular weight is 589 g/mol. The van der Waals surface area contributed by atoms with Crippen molar-refractivity contribution in [2.75, 3.05) is 13.2 Å². The molecule has 0 fully saturated rings. The molecule has 0 radical (unpaired) electrons. The molecule has 0 N–H and O–H groups in total. The molecule has 210 valence electrons. The van der Waals surface area contributed by atoms with Crippen LogP contribution in [0.2, 0.25) is 5.02 Å². The van der Waals surface area contributed by atoms with Gasteiger partial charge >= 0.3 is 5.97 Å². The number of hydrogen-bond acceptors (Lipinski definition) is 7. The van der Waals surface area contributed by atoms with Crippen LogP contribution in [0.1, 0.15) is 43.5 Å². The maximum atomic E-state index is 13.8. The second-order valence-corrected chi connectivity index (χ2v) is 10.6. The summed E-state index contributed by atoms with van der Waals surface area (Å²) < 4.78 is 19.3. The minimum atomic E-state index is -0.645. The van der Waals surface area contributed by atoms with Crippen LogP contribution in [-0.4, -0.2) is 23.8 Å². The fraction of sp³-hybridized carbons (Fsp3) is 0.219. The van der Waals surface area contributed by atoms with Crippen LogP contribution in [0.4, 0.5) is 0 Å². The second kappa shape index (κ2) is 12.6. The SMILES string of the molecule is CCOC(=O)C1=C(C)N=c2s/c(=C\c3ccc(OCc4ccccc4Cl)c(OCC)c3)c(=O)n2[C@H]1c1ccccc1. The Balaban J connectivity index is 1.55. The van der Waals surface area contributed by atoms with Gasteiger partial charge in [-0.3, -0.25) is 9.36 Å². The van der Waals surface area contributed by atoms with Crippen molar-refractivity contribution >= 4 is 35.0 Å². The first-order valence-electron chi connectivity index (χ1n) is 13.3. The lowest BCUT2D eigenvalue weighted by molar-refractivity contribution is -0.139. The van der Waals surface area contributed by atoms with Gasteiger partial charge in [-0.2, -0.15) is 0 Å². The van der Waals surface area contributed by atoms with E-state index in [-0.39, 0.29) is 12.2 Å². The van der Waals surface area contributed by atoms with E-state index < -0.39 is 12.0 Å². The molecule has 4 aromatic rings. The molecule has 0 saturated heterocycles. The summed E-state index contributed by atoms with van der Waals surface area (Å²) in [6, 6.07) is 21.9. The molecule has 1 aromatic heterocycles. The third kappa shape index (κ3) is 5.99. The van der Waals surface area contributed by atoms with Crippen LogP contribution in [0.25, 0.3) is 6.08 Å². The van der Waals surface area contributed by atoms with Gasteiger partial charge in [0.05, 0.1) is 35.1 Å². The van der Waals surface area contributed by atoms with E-state index in [0.717, 1.165) is 16.7 Å². The molecule has 0 bridgehead atoms. The second-order valence-electron chi connectivity index (χ2n) is 9.23. The first kappa shape index (κ1) is 28.4. The van der Waals surface area contributed by atoms with Crippen LogP contribution < -0.4 is 24.4 Å². The van der Waals surface area contributed by atoms with E-state index >= 15 is 0 Å². The highest BCUT2D eigenvalue weighted by atomic mass is 35.5. The van der Waals surface area contributed by atoms with E-state index in [1.54, 1.807) is 24.5 Å². The Morgan fingerprint density at radius 2 is 1.76 bits per heavy atom. The zero-order valence-corrected chi connectivity index (χ0v) is 24.5. The standard InChI is InChI=1S/C32H29ClN2O5S/c1-4-38-26-17-21(15-16-25(26)40-19-23-13-9-10-14-24(23)33)18-27-30(36)35-29(22-11-7-6-8-12-22)28(31(37)39-5-2)20(3)34-32(35)41-27/h6-18,29H,4-5,19H2,1-3H3/b27-18-/t29-/m0/s1. The van der Waals surface area contributed by atoms with Crippen LogP contribution in [-0.2, 0) is 16.1 Å². The van der Waals surface area contributed by atoms with Gasteiger partial charge in [-0.15, -0.1) is 0 Å². The normalized spacial score (nSPS) is 14.8. The Morgan fingerprint density at radius 3 is 2.49 bits per heavy atom. The summed E-state index contributed by atoms with van der Waals surface area (Å²) in [5, 5.41) is 0.632. The largest absolute Gasteiger partial charge is 0.490 e. The highest BCUT2D eigenvalue weighted by molar-refractivity contribution is 7.07. The molecule has 9 heteroatoms. The number of aromatic nitrogens is 1. The summed E-state index contributed by atoms with van der Waals surface area (Å²) >= 11 is 7.56. The molecular weight excluding hydrogens is 560 g/mol. The van der Waals surface area contributed by atoms with Gasteiger partial charge in [0.15, 0.2) is 16.3 Å². The Kier molecular flexibility index (Phi) is 8.71. The number of ether oxygens (including phenoxy) is 3. The van der Waals surface area contributed by atoms with Gasteiger partial charge in [0.1, 0.15) is 6.61 Å². The summed E-state index contributed by atoms with van der Waals surface area (Å²) in [7, 11) is 0. The third-order valence-electron chi connectivity index (χ3n) is 6.54. The molecule has 0 amide bonds. The molecule has 3 aromatic carbocycles. The highest BCUT2D eigenvalue weighted by Gasteiger charge is 2.33. The van der Waals surface area contributed by atoms with E-state index in [4.69, 9.17) is 25.8 Å². The Bertz CT molecular complexity index is 1790. The number of esters is 1. The van der Waals surface area contributed by atoms with E-state index in [2.05, 4.69) is 4.99 Å². The molecular formula is C32H29ClN2O5S. The van der Waals surface area contributed by atoms with Gasteiger partial charge in [0.25, 0.3) is 5.56 Å². The topological polar surface area (TPSA) is 79.1 Å². The van der Waals surface area contributed by atoms with Crippen molar-refractivity contribution in [3.8, 4) is 11.5 Å². The smallest absolute Gasteiger partial charge is 0.338 e. The zero-order valence-electron chi connectivity index (χ0n) is 22.9. The summed E-state index contributed by atoms with van der Waals surface area (Å²) in [5.41, 5.74) is 3.08. The number of allylic oxidation sites excluding steroid dienone is 1. The van der Waals surface area contributed by atoms with Crippen LogP contribution in [0, 0.1) is 0 Å². The molecule has 1 aliphatic heterocycles. The highest BCUT2D eigenvalue weighted by Crippen LogP contribution is 2.32. The van der Waals surface area contributed by atoms with Crippen molar-refractivity contribution in [3.05, 3.63) is 125 Å². The number of rotatable bonds is 9. The molecule has 0 spiro atoms. The molecule has 7 nitrogen and oxygen atoms in total. The van der Waals surface area contributed by atoms with Crippen LogP contribution in [0.3, 0.4) is 0 Å². The zero-order chi connectivity index (χ0) is 28.9. The van der Waals surface area contributed by atoms with Gasteiger partial charge in [-0.1, -0.05) is 77.5 Å². The molecule has 0 unspecified atom stereocenters. The predicted molar refractivity (Wildman–Crippen MR) is 160 cm³/mol. The van der Waals surface area contributed by atoms with Crippen molar-refractivity contribution in [1.29, 1.82) is 0 Å². The monoisotopic (exact) mass is 588 g/mol. The summed E-state index contributed by atoms with van der Waals surface area (Å²) in [5.74, 6) is 0.651. The summed E-state index contributed by atoms with van der Waals surface area (Å²) in [6.45, 7) is 6.39. The van der Waals surface area contributed by atoms with Crippen molar-refractivity contribution < 1.29 is 19.0 Å². The van der Waals surface area contributed by atoms with Gasteiger partial charge in [0, 0.05) is 10.6 Å². The molecule has 0 saturated carbocycles. The number of carbonyl (C=O) groups is 1. The van der Waals surface area contributed by atoms with E-state index in [1.165, 1.54) is 11.3 Å². The lowest BCUT2D eigenvalue weighted by Gasteiger charge is -2.24. The number of benzene rings is 3. The molecule has 41 heavy (non-hydrogen) atoms. The van der Waals surface area contributed by atoms with E-state index in [0.29, 0.717) is 50.3 Å². The predicted octanol–water partition coefficient (Wildman–Crippen LogP) is 5.43. The van der Waals surface area contributed by atoms with Crippen molar-refractivity contribution in [3.63, 3.8) is 0 Å². The molecule has 2 heterocycles. The maximum Gasteiger partial charge on any atom is 0.338 e. The fourth-order valence-electron chi connectivity index (χ4n) is 4.67. The van der Waals surface area contributed by atoms with Gasteiger partial charge < -0.3 is 14.2 Å². The van der Waals surface area contributed by atoms with Gasteiger partial charge in [-0.05, 0) is 56.2 Å². The Hall–Kier alpha value is -4.14. The summed E-state index contributed by atoms with van der Waals surface area (Å²) in [4.78, 5) is 32.0. The number of nitrogens with zero attached hydrogens (tertiary/aromatic N) is 2. The van der Waals surface area contributed by atoms with Crippen molar-refractivity contribution in [2.24, 2.45) is 4.99 Å². The number of hydrogen-bond donors (Lipinski definition) is 0. The van der Waals surface area contributed by atoms with E-state index in [9.17, 15) is 9.59 Å². The first-order chi connectivity index (χ1) is 19.9. The number of halogens is 1. The Labute approximate surface area is 246 Å². The third-order valence-corrected chi connectivity index (χ3v) is 7.89. The molecule has 1 atom stereocenters. The fourth-order valence-corrected chi connectivity index (χ4v) is 5.90. The Morgan fingerprint density at radius 1 is 1.00 bits per heavy atom. The minimum absolute atomic E-state index is 0.224. The van der Waals surface area contributed by atoms with Crippen LogP contribution >= 0.6 is 22.9 Å². The number of thiazole rings is 1. The lowest BCUT2D eigenvalue weighted by Crippen LogP contribution is -2.39. The maximum absolute atomic E-state index is 13.8. The first-order valence-corrected chi connectivity index (χ1v) is 14.5. The number of fused-ring (bicyclic) bond motifs is 1. The molecule has 5 rings (SSSR count). The minimum Gasteiger partial charge on any atom is -0.490 e.